The van der Waals surface area contributed by atoms with E-state index >= 15 is 0 Å². The number of nitrogens with one attached hydrogen (secondary N) is 1. The Morgan fingerprint density at radius 3 is 2.60 bits per heavy atom. The Kier molecular flexibility index (Phi) is 6.88. The number of hydrogen-bond donors (Lipinski definition) is 2. The first-order valence-electron chi connectivity index (χ1n) is 9.38. The maximum absolute atomic E-state index is 12.9. The number of amides is 1. The zero-order valence-electron chi connectivity index (χ0n) is 16.1. The van der Waals surface area contributed by atoms with E-state index in [1.807, 2.05) is 5.38 Å². The number of alkyl halides is 3. The van der Waals surface area contributed by atoms with Gasteiger partial charge in [-0.2, -0.15) is 13.2 Å². The number of rotatable bonds is 5. The van der Waals surface area contributed by atoms with Crippen LogP contribution in [0.15, 0.2) is 48.1 Å². The van der Waals surface area contributed by atoms with Gasteiger partial charge in [0.15, 0.2) is 0 Å². The highest BCUT2D eigenvalue weighted by molar-refractivity contribution is 7.12. The summed E-state index contributed by atoms with van der Waals surface area (Å²) in [6, 6.07) is 5.80. The topological polar surface area (TPSA) is 86.3 Å². The summed E-state index contributed by atoms with van der Waals surface area (Å²) in [6.45, 7) is 1.79. The number of piperidine rings is 1. The lowest BCUT2D eigenvalue weighted by atomic mass is 10.0. The number of amidine groups is 1. The smallest absolute Gasteiger partial charge is 0.404 e. The van der Waals surface area contributed by atoms with Crippen molar-refractivity contribution in [3.8, 4) is 0 Å². The average molecular weight is 437 g/mol. The molecular weight excluding hydrogens is 415 g/mol. The molecule has 1 amide bonds. The van der Waals surface area contributed by atoms with Crippen molar-refractivity contribution in [3.63, 3.8) is 0 Å². The van der Waals surface area contributed by atoms with Gasteiger partial charge in [0.1, 0.15) is 11.5 Å². The molecule has 2 aromatic heterocycles. The van der Waals surface area contributed by atoms with Gasteiger partial charge in [-0.15, -0.1) is 11.3 Å². The van der Waals surface area contributed by atoms with E-state index in [-0.39, 0.29) is 17.8 Å². The number of aromatic nitrogens is 1. The number of pyridine rings is 1. The summed E-state index contributed by atoms with van der Waals surface area (Å²) in [7, 11) is 0. The van der Waals surface area contributed by atoms with Crippen LogP contribution in [0.2, 0.25) is 0 Å². The van der Waals surface area contributed by atoms with Crippen LogP contribution in [0.25, 0.3) is 0 Å². The fraction of sp³-hybridized carbons (Fsp3) is 0.350. The molecule has 3 rings (SSSR count). The summed E-state index contributed by atoms with van der Waals surface area (Å²) in [6.07, 6.45) is 0.731. The normalized spacial score (nSPS) is 16.1. The quantitative estimate of drug-likeness (QED) is 0.552. The van der Waals surface area contributed by atoms with Crippen LogP contribution in [0.5, 0.6) is 0 Å². The predicted octanol–water partition coefficient (Wildman–Crippen LogP) is 3.72. The van der Waals surface area contributed by atoms with E-state index in [1.165, 1.54) is 40.8 Å². The van der Waals surface area contributed by atoms with Crippen LogP contribution >= 0.6 is 11.3 Å². The average Bonchev–Trinajstić information content (AvgIpc) is 3.24. The molecule has 1 fully saturated rings. The van der Waals surface area contributed by atoms with E-state index < -0.39 is 11.9 Å². The highest BCUT2D eigenvalue weighted by Gasteiger charge is 2.33. The molecule has 0 aliphatic carbocycles. The maximum Gasteiger partial charge on any atom is 0.433 e. The molecule has 3 N–H and O–H groups in total. The number of halogens is 3. The van der Waals surface area contributed by atoms with E-state index in [4.69, 9.17) is 11.1 Å². The molecular formula is C20H22F3N5OS. The van der Waals surface area contributed by atoms with Crippen molar-refractivity contribution in [1.29, 1.82) is 5.41 Å². The monoisotopic (exact) mass is 437 g/mol. The second kappa shape index (κ2) is 9.40. The Bertz CT molecular complexity index is 888. The molecule has 0 radical (unpaired) electrons. The first-order chi connectivity index (χ1) is 14.3. The van der Waals surface area contributed by atoms with Crippen LogP contribution < -0.4 is 5.73 Å². The molecule has 1 aliphatic rings. The molecule has 0 saturated carbocycles. The largest absolute Gasteiger partial charge is 0.433 e. The van der Waals surface area contributed by atoms with Crippen LogP contribution in [-0.4, -0.2) is 45.7 Å². The zero-order chi connectivity index (χ0) is 21.7. The third-order valence-corrected chi connectivity index (χ3v) is 5.77. The fourth-order valence-electron chi connectivity index (χ4n) is 3.44. The van der Waals surface area contributed by atoms with Crippen LogP contribution in [0.3, 0.4) is 0 Å². The molecule has 1 aliphatic heterocycles. The Hall–Kier alpha value is -2.72. The Morgan fingerprint density at radius 2 is 2.07 bits per heavy atom. The van der Waals surface area contributed by atoms with Gasteiger partial charge < -0.3 is 5.73 Å². The van der Waals surface area contributed by atoms with Crippen LogP contribution in [0.1, 0.15) is 33.8 Å². The van der Waals surface area contributed by atoms with Crippen molar-refractivity contribution < 1.29 is 18.0 Å². The lowest BCUT2D eigenvalue weighted by molar-refractivity contribution is -0.141. The van der Waals surface area contributed by atoms with Crippen molar-refractivity contribution in [2.45, 2.75) is 31.6 Å². The second-order valence-electron chi connectivity index (χ2n) is 6.95. The van der Waals surface area contributed by atoms with E-state index in [9.17, 15) is 18.0 Å². The summed E-state index contributed by atoms with van der Waals surface area (Å²) in [5.74, 6) is -0.181. The lowest BCUT2D eigenvalue weighted by Gasteiger charge is -2.38. The van der Waals surface area contributed by atoms with E-state index in [2.05, 4.69) is 9.88 Å². The van der Waals surface area contributed by atoms with Gasteiger partial charge in [-0.05, 0) is 48.2 Å². The molecule has 3 heterocycles. The first-order valence-corrected chi connectivity index (χ1v) is 10.3. The number of carbonyl (C=O) groups excluding carboxylic acids is 1. The number of thiophene rings is 1. The number of likely N-dealkylation sites (tertiary alicyclic amines) is 1. The molecule has 6 nitrogen and oxygen atoms in total. The standard InChI is InChI=1S/C20H22F3N5OS/c21-20(22,23)17-4-3-14(12-26-17)13-27-9-6-15(7-10-27)28(18(25)5-8-24)19(29)16-2-1-11-30-16/h1-5,8,11-12,15,25H,6-7,9-10,13,24H2/b8-5-,25-18?. The Morgan fingerprint density at radius 1 is 1.33 bits per heavy atom. The third kappa shape index (κ3) is 5.25. The van der Waals surface area contributed by atoms with Gasteiger partial charge in [0.25, 0.3) is 5.91 Å². The highest BCUT2D eigenvalue weighted by Crippen LogP contribution is 2.28. The molecule has 0 spiro atoms. The van der Waals surface area contributed by atoms with Crippen molar-refractivity contribution in [2.75, 3.05) is 13.1 Å². The van der Waals surface area contributed by atoms with Gasteiger partial charge in [0.2, 0.25) is 0 Å². The SMILES string of the molecule is N=C(/C=C\N)N(C(=O)c1cccs1)C1CCN(Cc2ccc(C(F)(F)F)nc2)CC1. The molecule has 0 atom stereocenters. The minimum atomic E-state index is -4.45. The Labute approximate surface area is 176 Å². The molecule has 160 valence electrons. The first kappa shape index (κ1) is 22.0. The van der Waals surface area contributed by atoms with Crippen LogP contribution in [0, 0.1) is 5.41 Å². The Balaban J connectivity index is 1.63. The second-order valence-corrected chi connectivity index (χ2v) is 7.90. The summed E-state index contributed by atoms with van der Waals surface area (Å²) >= 11 is 1.32. The van der Waals surface area contributed by atoms with Gasteiger partial charge >= 0.3 is 6.18 Å². The lowest BCUT2D eigenvalue weighted by Crippen LogP contribution is -2.49. The number of nitrogens with zero attached hydrogens (tertiary/aromatic N) is 3. The minimum Gasteiger partial charge on any atom is -0.404 e. The highest BCUT2D eigenvalue weighted by atomic mass is 32.1. The van der Waals surface area contributed by atoms with Crippen molar-refractivity contribution in [2.24, 2.45) is 5.73 Å². The molecule has 0 bridgehead atoms. The fourth-order valence-corrected chi connectivity index (χ4v) is 4.10. The maximum atomic E-state index is 12.9. The van der Waals surface area contributed by atoms with Crippen molar-refractivity contribution in [1.82, 2.24) is 14.8 Å². The summed E-state index contributed by atoms with van der Waals surface area (Å²) in [4.78, 5) is 20.6. The van der Waals surface area contributed by atoms with Gasteiger partial charge in [-0.1, -0.05) is 12.1 Å². The van der Waals surface area contributed by atoms with Gasteiger partial charge in [0, 0.05) is 31.9 Å². The molecule has 10 heteroatoms. The molecule has 30 heavy (non-hydrogen) atoms. The molecule has 1 saturated heterocycles. The van der Waals surface area contributed by atoms with Crippen molar-refractivity contribution in [3.05, 3.63) is 64.3 Å². The zero-order valence-corrected chi connectivity index (χ0v) is 16.9. The predicted molar refractivity (Wildman–Crippen MR) is 109 cm³/mol. The third-order valence-electron chi connectivity index (χ3n) is 4.91. The number of nitrogens with two attached hydrogens (primary N) is 1. The summed E-state index contributed by atoms with van der Waals surface area (Å²) < 4.78 is 37.9. The number of hydrogen-bond acceptors (Lipinski definition) is 6. The van der Waals surface area contributed by atoms with Crippen molar-refractivity contribution >= 4 is 23.1 Å². The van der Waals surface area contributed by atoms with E-state index in [1.54, 1.807) is 12.1 Å². The van der Waals surface area contributed by atoms with Gasteiger partial charge in [-0.25, -0.2) is 0 Å². The molecule has 2 aromatic rings. The minimum absolute atomic E-state index is 0.0429. The van der Waals surface area contributed by atoms with Crippen LogP contribution in [-0.2, 0) is 12.7 Å². The van der Waals surface area contributed by atoms with E-state index in [0.717, 1.165) is 6.07 Å². The molecule has 0 unspecified atom stereocenters. The summed E-state index contributed by atoms with van der Waals surface area (Å²) in [5, 5.41) is 10.1. The van der Waals surface area contributed by atoms with Crippen LogP contribution in [0.4, 0.5) is 13.2 Å². The molecule has 0 aromatic carbocycles. The van der Waals surface area contributed by atoms with E-state index in [0.29, 0.717) is 42.9 Å². The number of carbonyl (C=O) groups is 1. The van der Waals surface area contributed by atoms with Gasteiger partial charge in [-0.3, -0.25) is 25.0 Å². The van der Waals surface area contributed by atoms with Gasteiger partial charge in [0.05, 0.1) is 4.88 Å². The summed E-state index contributed by atoms with van der Waals surface area (Å²) in [5.41, 5.74) is 5.22.